The van der Waals surface area contributed by atoms with Crippen molar-refractivity contribution in [2.45, 2.75) is 29.8 Å². The second-order valence-corrected chi connectivity index (χ2v) is 5.64. The molecule has 1 heterocycles. The maximum absolute atomic E-state index is 11.3. The van der Waals surface area contributed by atoms with Crippen LogP contribution in [0.15, 0.2) is 23.1 Å². The molecule has 4 N–H and O–H groups in total. The number of hydrogen-bond donors (Lipinski definition) is 3. The molecule has 0 radical (unpaired) electrons. The van der Waals surface area contributed by atoms with Gasteiger partial charge in [0.25, 0.3) is 0 Å². The summed E-state index contributed by atoms with van der Waals surface area (Å²) in [4.78, 5) is 12.4. The van der Waals surface area contributed by atoms with E-state index in [1.807, 2.05) is 6.07 Å². The summed E-state index contributed by atoms with van der Waals surface area (Å²) in [6.45, 7) is 0. The highest BCUT2D eigenvalue weighted by molar-refractivity contribution is 8.00. The van der Waals surface area contributed by atoms with Gasteiger partial charge in [0, 0.05) is 22.7 Å². The second-order valence-electron chi connectivity index (χ2n) is 4.62. The fourth-order valence-corrected chi connectivity index (χ4v) is 2.98. The third-order valence-corrected chi connectivity index (χ3v) is 4.23. The Hall–Kier alpha value is -1.20. The molecule has 17 heavy (non-hydrogen) atoms. The van der Waals surface area contributed by atoms with Crippen LogP contribution in [0.4, 0.5) is 11.4 Å². The minimum absolute atomic E-state index is 0.0744. The van der Waals surface area contributed by atoms with Gasteiger partial charge in [0.1, 0.15) is 0 Å². The van der Waals surface area contributed by atoms with Crippen LogP contribution in [0.25, 0.3) is 0 Å². The molecular formula is C12H15N3OS. The number of hydrogen-bond acceptors (Lipinski definition) is 4. The van der Waals surface area contributed by atoms with Gasteiger partial charge in [0.15, 0.2) is 0 Å². The first-order valence-corrected chi connectivity index (χ1v) is 6.78. The molecule has 90 valence electrons. The van der Waals surface area contributed by atoms with Crippen molar-refractivity contribution in [1.82, 2.24) is 0 Å². The zero-order chi connectivity index (χ0) is 11.8. The Balaban J connectivity index is 1.73. The maximum atomic E-state index is 11.3. The van der Waals surface area contributed by atoms with Crippen molar-refractivity contribution in [2.24, 2.45) is 5.73 Å². The Morgan fingerprint density at radius 3 is 3.00 bits per heavy atom. The van der Waals surface area contributed by atoms with Crippen LogP contribution in [0.2, 0.25) is 0 Å². The standard InChI is InChI=1S/C12H15N3OS/c13-7-3-9(4-7)14-8-1-2-11-10(5-8)15-12(16)6-17-11/h1-2,5,7,9,14H,3-4,6,13H2,(H,15,16). The topological polar surface area (TPSA) is 67.2 Å². The predicted molar refractivity (Wildman–Crippen MR) is 70.4 cm³/mol. The van der Waals surface area contributed by atoms with Crippen molar-refractivity contribution in [1.29, 1.82) is 0 Å². The van der Waals surface area contributed by atoms with E-state index in [4.69, 9.17) is 5.73 Å². The van der Waals surface area contributed by atoms with Crippen LogP contribution < -0.4 is 16.4 Å². The molecule has 1 aromatic carbocycles. The average Bonchev–Trinajstić information content (AvgIpc) is 2.26. The van der Waals surface area contributed by atoms with E-state index in [1.165, 1.54) is 0 Å². The Morgan fingerprint density at radius 1 is 1.41 bits per heavy atom. The Bertz CT molecular complexity index is 457. The number of amides is 1. The molecule has 1 aliphatic heterocycles. The molecule has 1 fully saturated rings. The van der Waals surface area contributed by atoms with E-state index in [2.05, 4.69) is 22.8 Å². The van der Waals surface area contributed by atoms with Crippen LogP contribution in [0.1, 0.15) is 12.8 Å². The quantitative estimate of drug-likeness (QED) is 0.745. The first kappa shape index (κ1) is 10.9. The van der Waals surface area contributed by atoms with Crippen LogP contribution >= 0.6 is 11.8 Å². The Labute approximate surface area is 104 Å². The number of thioether (sulfide) groups is 1. The normalized spacial score (nSPS) is 26.8. The van der Waals surface area contributed by atoms with Gasteiger partial charge >= 0.3 is 0 Å². The average molecular weight is 249 g/mol. The minimum Gasteiger partial charge on any atom is -0.382 e. The van der Waals surface area contributed by atoms with E-state index in [1.54, 1.807) is 11.8 Å². The summed E-state index contributed by atoms with van der Waals surface area (Å²) in [5.74, 6) is 0.586. The molecule has 5 heteroatoms. The molecule has 0 bridgehead atoms. The Morgan fingerprint density at radius 2 is 2.24 bits per heavy atom. The van der Waals surface area contributed by atoms with Gasteiger partial charge in [-0.3, -0.25) is 4.79 Å². The lowest BCUT2D eigenvalue weighted by molar-refractivity contribution is -0.113. The van der Waals surface area contributed by atoms with Gasteiger partial charge in [-0.15, -0.1) is 11.8 Å². The summed E-state index contributed by atoms with van der Waals surface area (Å²) >= 11 is 1.58. The summed E-state index contributed by atoms with van der Waals surface area (Å²) in [5, 5.41) is 6.33. The van der Waals surface area contributed by atoms with Gasteiger partial charge in [0.05, 0.1) is 11.4 Å². The molecule has 0 saturated heterocycles. The third-order valence-electron chi connectivity index (χ3n) is 3.16. The summed E-state index contributed by atoms with van der Waals surface area (Å²) < 4.78 is 0. The fraction of sp³-hybridized carbons (Fsp3) is 0.417. The molecule has 4 nitrogen and oxygen atoms in total. The van der Waals surface area contributed by atoms with Crippen LogP contribution in [-0.2, 0) is 4.79 Å². The van der Waals surface area contributed by atoms with Gasteiger partial charge in [-0.25, -0.2) is 0 Å². The van der Waals surface area contributed by atoms with E-state index in [0.717, 1.165) is 29.1 Å². The SMILES string of the molecule is NC1CC(Nc2ccc3c(c2)NC(=O)CS3)C1. The molecule has 1 aliphatic carbocycles. The highest BCUT2D eigenvalue weighted by Gasteiger charge is 2.25. The molecule has 2 aliphatic rings. The molecule has 1 saturated carbocycles. The van der Waals surface area contributed by atoms with E-state index >= 15 is 0 Å². The van der Waals surface area contributed by atoms with Crippen molar-refractivity contribution in [2.75, 3.05) is 16.4 Å². The molecule has 0 atom stereocenters. The van der Waals surface area contributed by atoms with Gasteiger partial charge in [-0.2, -0.15) is 0 Å². The summed E-state index contributed by atoms with van der Waals surface area (Å²) in [7, 11) is 0. The molecule has 3 rings (SSSR count). The summed E-state index contributed by atoms with van der Waals surface area (Å²) in [6, 6.07) is 6.95. The number of nitrogens with one attached hydrogen (secondary N) is 2. The van der Waals surface area contributed by atoms with Crippen molar-refractivity contribution < 1.29 is 4.79 Å². The highest BCUT2D eigenvalue weighted by atomic mass is 32.2. The first-order chi connectivity index (χ1) is 8.20. The lowest BCUT2D eigenvalue weighted by Crippen LogP contribution is -2.44. The molecule has 0 unspecified atom stereocenters. The van der Waals surface area contributed by atoms with Gasteiger partial charge in [0.2, 0.25) is 5.91 Å². The monoisotopic (exact) mass is 249 g/mol. The molecule has 1 aromatic rings. The van der Waals surface area contributed by atoms with Gasteiger partial charge in [-0.05, 0) is 31.0 Å². The van der Waals surface area contributed by atoms with E-state index in [-0.39, 0.29) is 5.91 Å². The number of benzene rings is 1. The summed E-state index contributed by atoms with van der Waals surface area (Å²) in [5.41, 5.74) is 7.73. The van der Waals surface area contributed by atoms with E-state index in [9.17, 15) is 4.79 Å². The molecule has 0 aromatic heterocycles. The molecule has 0 spiro atoms. The fourth-order valence-electron chi connectivity index (χ4n) is 2.19. The number of nitrogens with two attached hydrogens (primary N) is 1. The zero-order valence-corrected chi connectivity index (χ0v) is 10.2. The van der Waals surface area contributed by atoms with Crippen LogP contribution in [0, 0.1) is 0 Å². The van der Waals surface area contributed by atoms with Crippen LogP contribution in [0.5, 0.6) is 0 Å². The summed E-state index contributed by atoms with van der Waals surface area (Å²) in [6.07, 6.45) is 2.05. The number of carbonyl (C=O) groups is 1. The number of fused-ring (bicyclic) bond motifs is 1. The second kappa shape index (κ2) is 4.23. The van der Waals surface area contributed by atoms with E-state index in [0.29, 0.717) is 17.8 Å². The first-order valence-electron chi connectivity index (χ1n) is 5.79. The minimum atomic E-state index is 0.0744. The van der Waals surface area contributed by atoms with Crippen molar-refractivity contribution >= 4 is 29.0 Å². The van der Waals surface area contributed by atoms with E-state index < -0.39 is 0 Å². The van der Waals surface area contributed by atoms with Gasteiger partial charge < -0.3 is 16.4 Å². The van der Waals surface area contributed by atoms with Crippen molar-refractivity contribution in [3.8, 4) is 0 Å². The lowest BCUT2D eigenvalue weighted by atomic mass is 9.87. The van der Waals surface area contributed by atoms with Crippen LogP contribution in [0.3, 0.4) is 0 Å². The largest absolute Gasteiger partial charge is 0.382 e. The lowest BCUT2D eigenvalue weighted by Gasteiger charge is -2.34. The van der Waals surface area contributed by atoms with Crippen LogP contribution in [-0.4, -0.2) is 23.7 Å². The third kappa shape index (κ3) is 2.25. The molecular weight excluding hydrogens is 234 g/mol. The van der Waals surface area contributed by atoms with Gasteiger partial charge in [-0.1, -0.05) is 0 Å². The zero-order valence-electron chi connectivity index (χ0n) is 9.40. The predicted octanol–water partition coefficient (Wildman–Crippen LogP) is 1.63. The highest BCUT2D eigenvalue weighted by Crippen LogP contribution is 2.34. The molecule has 1 amide bonds. The Kier molecular flexibility index (Phi) is 2.72. The number of anilines is 2. The smallest absolute Gasteiger partial charge is 0.234 e. The van der Waals surface area contributed by atoms with Crippen molar-refractivity contribution in [3.05, 3.63) is 18.2 Å². The number of carbonyl (C=O) groups excluding carboxylic acids is 1. The van der Waals surface area contributed by atoms with Crippen molar-refractivity contribution in [3.63, 3.8) is 0 Å². The maximum Gasteiger partial charge on any atom is 0.234 e. The number of rotatable bonds is 2.